The number of nitrogens with one attached hydrogen (secondary N) is 2. The first kappa shape index (κ1) is 15.8. The lowest BCUT2D eigenvalue weighted by molar-refractivity contribution is -0.141. The summed E-state index contributed by atoms with van der Waals surface area (Å²) in [7, 11) is 1.49. The molecular weight excluding hydrogens is 260 g/mol. The molecule has 1 rings (SSSR count). The topological polar surface area (TPSA) is 87.7 Å². The van der Waals surface area contributed by atoms with Crippen molar-refractivity contribution in [1.29, 1.82) is 0 Å². The van der Waals surface area contributed by atoms with Crippen molar-refractivity contribution in [3.05, 3.63) is 24.3 Å². The third-order valence-electron chi connectivity index (χ3n) is 2.74. The number of rotatable bonds is 4. The number of para-hydroxylation sites is 2. The lowest BCUT2D eigenvalue weighted by atomic mass is 9.87. The molecule has 0 heterocycles. The van der Waals surface area contributed by atoms with Crippen molar-refractivity contribution in [2.75, 3.05) is 12.4 Å². The molecule has 1 aromatic rings. The van der Waals surface area contributed by atoms with E-state index in [0.717, 1.165) is 0 Å². The van der Waals surface area contributed by atoms with E-state index in [1.54, 1.807) is 45.0 Å². The zero-order valence-electron chi connectivity index (χ0n) is 12.1. The molecule has 20 heavy (non-hydrogen) atoms. The fourth-order valence-corrected chi connectivity index (χ4v) is 1.69. The molecule has 6 heteroatoms. The van der Waals surface area contributed by atoms with Crippen LogP contribution in [-0.4, -0.2) is 30.3 Å². The second kappa shape index (κ2) is 6.27. The quantitative estimate of drug-likeness (QED) is 0.789. The van der Waals surface area contributed by atoms with Gasteiger partial charge in [0.25, 0.3) is 0 Å². The molecule has 0 aromatic heterocycles. The fourth-order valence-electron chi connectivity index (χ4n) is 1.69. The van der Waals surface area contributed by atoms with Gasteiger partial charge in [-0.3, -0.25) is 0 Å². The average Bonchev–Trinajstić information content (AvgIpc) is 2.35. The standard InChI is InChI=1S/C14H20N2O4/c1-14(2,3)11(12(17)18)16-13(19)15-9-7-5-6-8-10(9)20-4/h5-8,11H,1-4H3,(H,17,18)(H2,15,16,19). The molecule has 1 atom stereocenters. The fraction of sp³-hybridized carbons (Fsp3) is 0.429. The van der Waals surface area contributed by atoms with Gasteiger partial charge in [0.1, 0.15) is 11.8 Å². The lowest BCUT2D eigenvalue weighted by Crippen LogP contribution is -2.50. The molecule has 0 spiro atoms. The summed E-state index contributed by atoms with van der Waals surface area (Å²) in [5, 5.41) is 14.2. The number of amides is 2. The summed E-state index contributed by atoms with van der Waals surface area (Å²) in [6.45, 7) is 5.24. The number of benzene rings is 1. The minimum absolute atomic E-state index is 0.477. The zero-order valence-corrected chi connectivity index (χ0v) is 12.1. The third kappa shape index (κ3) is 4.15. The van der Waals surface area contributed by atoms with Gasteiger partial charge in [-0.05, 0) is 17.5 Å². The van der Waals surface area contributed by atoms with Gasteiger partial charge >= 0.3 is 12.0 Å². The molecule has 6 nitrogen and oxygen atoms in total. The number of carbonyl (C=O) groups excluding carboxylic acids is 1. The summed E-state index contributed by atoms with van der Waals surface area (Å²) < 4.78 is 5.11. The Morgan fingerprint density at radius 1 is 1.25 bits per heavy atom. The second-order valence-corrected chi connectivity index (χ2v) is 5.44. The Morgan fingerprint density at radius 3 is 2.35 bits per heavy atom. The number of carbonyl (C=O) groups is 2. The van der Waals surface area contributed by atoms with Crippen LogP contribution in [0.2, 0.25) is 0 Å². The SMILES string of the molecule is COc1ccccc1NC(=O)NC(C(=O)O)C(C)(C)C. The van der Waals surface area contributed by atoms with Gasteiger partial charge in [-0.2, -0.15) is 0 Å². The number of aliphatic carboxylic acids is 1. The maximum Gasteiger partial charge on any atom is 0.326 e. The highest BCUT2D eigenvalue weighted by Gasteiger charge is 2.32. The first-order chi connectivity index (χ1) is 9.25. The van der Waals surface area contributed by atoms with E-state index in [0.29, 0.717) is 11.4 Å². The number of methoxy groups -OCH3 is 1. The Morgan fingerprint density at radius 2 is 1.85 bits per heavy atom. The van der Waals surface area contributed by atoms with Crippen LogP contribution in [0.1, 0.15) is 20.8 Å². The van der Waals surface area contributed by atoms with Gasteiger partial charge < -0.3 is 20.5 Å². The summed E-state index contributed by atoms with van der Waals surface area (Å²) >= 11 is 0. The summed E-state index contributed by atoms with van der Waals surface area (Å²) in [6.07, 6.45) is 0. The van der Waals surface area contributed by atoms with Crippen LogP contribution in [0.25, 0.3) is 0 Å². The highest BCUT2D eigenvalue weighted by Crippen LogP contribution is 2.23. The van der Waals surface area contributed by atoms with E-state index < -0.39 is 23.5 Å². The Kier molecular flexibility index (Phi) is 4.96. The minimum Gasteiger partial charge on any atom is -0.495 e. The third-order valence-corrected chi connectivity index (χ3v) is 2.74. The largest absolute Gasteiger partial charge is 0.495 e. The molecule has 0 aliphatic carbocycles. The Labute approximate surface area is 118 Å². The van der Waals surface area contributed by atoms with E-state index in [2.05, 4.69) is 10.6 Å². The average molecular weight is 280 g/mol. The van der Waals surface area contributed by atoms with Crippen molar-refractivity contribution >= 4 is 17.7 Å². The maximum absolute atomic E-state index is 11.9. The molecule has 110 valence electrons. The molecule has 0 bridgehead atoms. The van der Waals surface area contributed by atoms with Crippen LogP contribution in [0.3, 0.4) is 0 Å². The number of hydrogen-bond donors (Lipinski definition) is 3. The summed E-state index contributed by atoms with van der Waals surface area (Å²) in [4.78, 5) is 23.1. The number of ether oxygens (including phenoxy) is 1. The van der Waals surface area contributed by atoms with Gasteiger partial charge in [0.05, 0.1) is 12.8 Å². The van der Waals surface area contributed by atoms with Gasteiger partial charge in [0.15, 0.2) is 0 Å². The van der Waals surface area contributed by atoms with Gasteiger partial charge in [0.2, 0.25) is 0 Å². The van der Waals surface area contributed by atoms with Crippen molar-refractivity contribution in [3.63, 3.8) is 0 Å². The van der Waals surface area contributed by atoms with Gasteiger partial charge in [-0.25, -0.2) is 9.59 Å². The smallest absolute Gasteiger partial charge is 0.326 e. The van der Waals surface area contributed by atoms with Crippen molar-refractivity contribution < 1.29 is 19.4 Å². The first-order valence-corrected chi connectivity index (χ1v) is 6.19. The van der Waals surface area contributed by atoms with Crippen LogP contribution in [0, 0.1) is 5.41 Å². The van der Waals surface area contributed by atoms with Crippen LogP contribution in [0.15, 0.2) is 24.3 Å². The highest BCUT2D eigenvalue weighted by atomic mass is 16.5. The molecular formula is C14H20N2O4. The molecule has 0 saturated heterocycles. The van der Waals surface area contributed by atoms with E-state index in [1.165, 1.54) is 7.11 Å². The molecule has 0 aliphatic rings. The van der Waals surface area contributed by atoms with Crippen LogP contribution < -0.4 is 15.4 Å². The summed E-state index contributed by atoms with van der Waals surface area (Å²) in [5.41, 5.74) is -0.116. The molecule has 0 saturated carbocycles. The monoisotopic (exact) mass is 280 g/mol. The highest BCUT2D eigenvalue weighted by molar-refractivity contribution is 5.93. The van der Waals surface area contributed by atoms with Gasteiger partial charge in [-0.1, -0.05) is 32.9 Å². The lowest BCUT2D eigenvalue weighted by Gasteiger charge is -2.27. The van der Waals surface area contributed by atoms with E-state index in [1.807, 2.05) is 0 Å². The predicted molar refractivity (Wildman–Crippen MR) is 76.0 cm³/mol. The minimum atomic E-state index is -1.08. The van der Waals surface area contributed by atoms with E-state index in [-0.39, 0.29) is 0 Å². The van der Waals surface area contributed by atoms with E-state index >= 15 is 0 Å². The summed E-state index contributed by atoms with van der Waals surface area (Å²) in [5.74, 6) is -0.571. The molecule has 1 aromatic carbocycles. The van der Waals surface area contributed by atoms with E-state index in [9.17, 15) is 9.59 Å². The van der Waals surface area contributed by atoms with Crippen LogP contribution >= 0.6 is 0 Å². The second-order valence-electron chi connectivity index (χ2n) is 5.44. The first-order valence-electron chi connectivity index (χ1n) is 6.19. The number of urea groups is 1. The van der Waals surface area contributed by atoms with Crippen molar-refractivity contribution in [2.45, 2.75) is 26.8 Å². The Hall–Kier alpha value is -2.24. The Bertz CT molecular complexity index is 494. The molecule has 3 N–H and O–H groups in total. The molecule has 0 radical (unpaired) electrons. The number of hydrogen-bond acceptors (Lipinski definition) is 3. The number of anilines is 1. The van der Waals surface area contributed by atoms with Crippen LogP contribution in [0.5, 0.6) is 5.75 Å². The number of carboxylic acid groups (broad SMARTS) is 1. The van der Waals surface area contributed by atoms with E-state index in [4.69, 9.17) is 9.84 Å². The molecule has 0 fully saturated rings. The molecule has 2 amide bonds. The van der Waals surface area contributed by atoms with Crippen molar-refractivity contribution in [3.8, 4) is 5.75 Å². The summed E-state index contributed by atoms with van der Waals surface area (Å²) in [6, 6.07) is 5.32. The molecule has 1 unspecified atom stereocenters. The van der Waals surface area contributed by atoms with Crippen LogP contribution in [0.4, 0.5) is 10.5 Å². The molecule has 0 aliphatic heterocycles. The maximum atomic E-state index is 11.9. The van der Waals surface area contributed by atoms with Crippen molar-refractivity contribution in [1.82, 2.24) is 5.32 Å². The zero-order chi connectivity index (χ0) is 15.3. The predicted octanol–water partition coefficient (Wildman–Crippen LogP) is 2.32. The van der Waals surface area contributed by atoms with Gasteiger partial charge in [-0.15, -0.1) is 0 Å². The number of carboxylic acids is 1. The Balaban J connectivity index is 2.79. The normalized spacial score (nSPS) is 12.4. The van der Waals surface area contributed by atoms with Gasteiger partial charge in [0, 0.05) is 0 Å². The van der Waals surface area contributed by atoms with Crippen molar-refractivity contribution in [2.24, 2.45) is 5.41 Å². The van der Waals surface area contributed by atoms with Crippen LogP contribution in [-0.2, 0) is 4.79 Å².